The Hall–Kier alpha value is -4.20. The van der Waals surface area contributed by atoms with Crippen molar-refractivity contribution in [1.29, 1.82) is 0 Å². The summed E-state index contributed by atoms with van der Waals surface area (Å²) in [5.74, 6) is 1.99. The highest BCUT2D eigenvalue weighted by Crippen LogP contribution is 2.39. The standard InChI is InChI=1S/C23H21N3O5/c1-29-20-7-5-14(9-19(20)28)26-23-16-10-15(13-4-6-18(27)22(8-13)31-3)21(30-2)11-17(16)24-12-25-23/h4-12,27-28H,1-3H3,(H,24,25,26). The van der Waals surface area contributed by atoms with Gasteiger partial charge >= 0.3 is 0 Å². The number of nitrogens with one attached hydrogen (secondary N) is 1. The maximum atomic E-state index is 10.1. The number of phenols is 2. The lowest BCUT2D eigenvalue weighted by Gasteiger charge is -2.14. The van der Waals surface area contributed by atoms with Crippen molar-refractivity contribution >= 4 is 22.4 Å². The molecule has 8 heteroatoms. The maximum Gasteiger partial charge on any atom is 0.161 e. The molecule has 0 saturated heterocycles. The van der Waals surface area contributed by atoms with Crippen LogP contribution in [0.4, 0.5) is 11.5 Å². The fourth-order valence-electron chi connectivity index (χ4n) is 3.33. The number of ether oxygens (including phenoxy) is 3. The number of benzene rings is 3. The van der Waals surface area contributed by atoms with Crippen LogP contribution < -0.4 is 19.5 Å². The quantitative estimate of drug-likeness (QED) is 0.420. The molecule has 0 atom stereocenters. The lowest BCUT2D eigenvalue weighted by atomic mass is 10.0. The topological polar surface area (TPSA) is 106 Å². The van der Waals surface area contributed by atoms with Gasteiger partial charge in [0.05, 0.1) is 26.8 Å². The van der Waals surface area contributed by atoms with Crippen LogP contribution in [-0.4, -0.2) is 41.5 Å². The van der Waals surface area contributed by atoms with E-state index in [1.807, 2.05) is 12.1 Å². The molecule has 8 nitrogen and oxygen atoms in total. The van der Waals surface area contributed by atoms with Gasteiger partial charge in [-0.05, 0) is 35.9 Å². The van der Waals surface area contributed by atoms with E-state index >= 15 is 0 Å². The average molecular weight is 419 g/mol. The largest absolute Gasteiger partial charge is 0.504 e. The molecular weight excluding hydrogens is 398 g/mol. The van der Waals surface area contributed by atoms with E-state index in [1.165, 1.54) is 20.5 Å². The molecule has 0 aliphatic carbocycles. The Morgan fingerprint density at radius 3 is 2.23 bits per heavy atom. The highest BCUT2D eigenvalue weighted by atomic mass is 16.5. The highest BCUT2D eigenvalue weighted by Gasteiger charge is 2.14. The normalized spacial score (nSPS) is 10.7. The van der Waals surface area contributed by atoms with E-state index in [0.29, 0.717) is 34.3 Å². The van der Waals surface area contributed by atoms with Gasteiger partial charge in [-0.3, -0.25) is 0 Å². The minimum Gasteiger partial charge on any atom is -0.504 e. The number of phenolic OH excluding ortho intramolecular Hbond substituents is 2. The Bertz CT molecular complexity index is 1260. The monoisotopic (exact) mass is 419 g/mol. The van der Waals surface area contributed by atoms with Crippen LogP contribution in [-0.2, 0) is 0 Å². The Balaban J connectivity index is 1.83. The second-order valence-electron chi connectivity index (χ2n) is 6.69. The summed E-state index contributed by atoms with van der Waals surface area (Å²) in [5.41, 5.74) is 2.90. The predicted octanol–water partition coefficient (Wildman–Crippen LogP) is 4.48. The van der Waals surface area contributed by atoms with Gasteiger partial charge < -0.3 is 29.7 Å². The van der Waals surface area contributed by atoms with Gasteiger partial charge in [0.1, 0.15) is 17.9 Å². The third-order valence-electron chi connectivity index (χ3n) is 4.89. The summed E-state index contributed by atoms with van der Waals surface area (Å²) in [7, 11) is 4.58. The summed E-state index contributed by atoms with van der Waals surface area (Å²) in [5, 5.41) is 24.0. The lowest BCUT2D eigenvalue weighted by molar-refractivity contribution is 0.373. The average Bonchev–Trinajstić information content (AvgIpc) is 2.79. The fourth-order valence-corrected chi connectivity index (χ4v) is 3.33. The molecule has 0 saturated carbocycles. The van der Waals surface area contributed by atoms with E-state index in [4.69, 9.17) is 14.2 Å². The Morgan fingerprint density at radius 2 is 1.52 bits per heavy atom. The fraction of sp³-hybridized carbons (Fsp3) is 0.130. The molecule has 0 aliphatic heterocycles. The van der Waals surface area contributed by atoms with E-state index in [0.717, 1.165) is 16.5 Å². The van der Waals surface area contributed by atoms with Crippen molar-refractivity contribution in [2.45, 2.75) is 0 Å². The number of aromatic hydroxyl groups is 2. The number of hydrogen-bond acceptors (Lipinski definition) is 8. The van der Waals surface area contributed by atoms with E-state index in [9.17, 15) is 10.2 Å². The number of nitrogens with zero attached hydrogens (tertiary/aromatic N) is 2. The minimum atomic E-state index is 0.0180. The molecule has 0 aliphatic rings. The Morgan fingerprint density at radius 1 is 0.742 bits per heavy atom. The molecule has 3 aromatic carbocycles. The molecule has 31 heavy (non-hydrogen) atoms. The molecule has 0 fully saturated rings. The van der Waals surface area contributed by atoms with Gasteiger partial charge in [0.15, 0.2) is 23.0 Å². The molecule has 0 spiro atoms. The Kier molecular flexibility index (Phi) is 5.36. The van der Waals surface area contributed by atoms with Crippen LogP contribution in [0.15, 0.2) is 54.9 Å². The highest BCUT2D eigenvalue weighted by molar-refractivity contribution is 5.96. The van der Waals surface area contributed by atoms with Crippen molar-refractivity contribution in [3.8, 4) is 39.9 Å². The second-order valence-corrected chi connectivity index (χ2v) is 6.69. The van der Waals surface area contributed by atoms with E-state index in [-0.39, 0.29) is 11.5 Å². The maximum absolute atomic E-state index is 10.1. The van der Waals surface area contributed by atoms with Crippen LogP contribution in [0.1, 0.15) is 0 Å². The van der Waals surface area contributed by atoms with Crippen molar-refractivity contribution in [2.24, 2.45) is 0 Å². The lowest BCUT2D eigenvalue weighted by Crippen LogP contribution is -1.98. The molecule has 4 aromatic rings. The molecule has 1 heterocycles. The first kappa shape index (κ1) is 20.1. The van der Waals surface area contributed by atoms with Crippen LogP contribution in [0, 0.1) is 0 Å². The van der Waals surface area contributed by atoms with Crippen LogP contribution in [0.5, 0.6) is 28.7 Å². The van der Waals surface area contributed by atoms with Crippen LogP contribution in [0.2, 0.25) is 0 Å². The Labute approximate surface area is 178 Å². The predicted molar refractivity (Wildman–Crippen MR) is 118 cm³/mol. The van der Waals surface area contributed by atoms with Crippen LogP contribution in [0.25, 0.3) is 22.0 Å². The number of fused-ring (bicyclic) bond motifs is 1. The number of methoxy groups -OCH3 is 3. The number of rotatable bonds is 6. The summed E-state index contributed by atoms with van der Waals surface area (Å²) >= 11 is 0. The van der Waals surface area contributed by atoms with Crippen molar-refractivity contribution in [3.63, 3.8) is 0 Å². The van der Waals surface area contributed by atoms with E-state index < -0.39 is 0 Å². The zero-order valence-corrected chi connectivity index (χ0v) is 17.2. The first-order valence-corrected chi connectivity index (χ1v) is 9.38. The van der Waals surface area contributed by atoms with Crippen molar-refractivity contribution in [3.05, 3.63) is 54.9 Å². The first-order valence-electron chi connectivity index (χ1n) is 9.38. The smallest absolute Gasteiger partial charge is 0.161 e. The van der Waals surface area contributed by atoms with E-state index in [1.54, 1.807) is 43.5 Å². The molecule has 3 N–H and O–H groups in total. The second kappa shape index (κ2) is 8.27. The van der Waals surface area contributed by atoms with Gasteiger partial charge in [-0.15, -0.1) is 0 Å². The third-order valence-corrected chi connectivity index (χ3v) is 4.89. The summed E-state index contributed by atoms with van der Waals surface area (Å²) in [6, 6.07) is 13.8. The molecule has 158 valence electrons. The summed E-state index contributed by atoms with van der Waals surface area (Å²) in [6.45, 7) is 0. The van der Waals surface area contributed by atoms with Gasteiger partial charge in [-0.25, -0.2) is 9.97 Å². The van der Waals surface area contributed by atoms with E-state index in [2.05, 4.69) is 15.3 Å². The molecular formula is C23H21N3O5. The van der Waals surface area contributed by atoms with Gasteiger partial charge in [0.2, 0.25) is 0 Å². The summed E-state index contributed by atoms with van der Waals surface area (Å²) in [6.07, 6.45) is 1.46. The molecule has 1 aromatic heterocycles. The third kappa shape index (κ3) is 3.83. The van der Waals surface area contributed by atoms with Gasteiger partial charge in [-0.2, -0.15) is 0 Å². The minimum absolute atomic E-state index is 0.0180. The van der Waals surface area contributed by atoms with Crippen molar-refractivity contribution in [1.82, 2.24) is 9.97 Å². The summed E-state index contributed by atoms with van der Waals surface area (Å²) in [4.78, 5) is 8.73. The molecule has 0 bridgehead atoms. The number of anilines is 2. The van der Waals surface area contributed by atoms with Crippen molar-refractivity contribution in [2.75, 3.05) is 26.6 Å². The molecule has 4 rings (SSSR count). The molecule has 0 radical (unpaired) electrons. The summed E-state index contributed by atoms with van der Waals surface area (Å²) < 4.78 is 15.9. The van der Waals surface area contributed by atoms with Crippen LogP contribution >= 0.6 is 0 Å². The zero-order valence-electron chi connectivity index (χ0n) is 17.2. The molecule has 0 amide bonds. The van der Waals surface area contributed by atoms with Crippen molar-refractivity contribution < 1.29 is 24.4 Å². The zero-order chi connectivity index (χ0) is 22.0. The van der Waals surface area contributed by atoms with Gasteiger partial charge in [0, 0.05) is 28.8 Å². The first-order chi connectivity index (χ1) is 15.0. The molecule has 0 unspecified atom stereocenters. The number of aromatic nitrogens is 2. The van der Waals surface area contributed by atoms with Gasteiger partial charge in [-0.1, -0.05) is 6.07 Å². The SMILES string of the molecule is COc1ccc(Nc2ncnc3cc(OC)c(-c4ccc(O)c(OC)c4)cc23)cc1O. The number of hydrogen-bond donors (Lipinski definition) is 3. The van der Waals surface area contributed by atoms with Crippen LogP contribution in [0.3, 0.4) is 0 Å². The van der Waals surface area contributed by atoms with Gasteiger partial charge in [0.25, 0.3) is 0 Å².